The number of aryl methyl sites for hydroxylation is 2. The Bertz CT molecular complexity index is 597. The van der Waals surface area contributed by atoms with E-state index >= 15 is 0 Å². The van der Waals surface area contributed by atoms with Gasteiger partial charge in [0.15, 0.2) is 5.78 Å². The third-order valence-electron chi connectivity index (χ3n) is 3.52. The number of aromatic nitrogens is 2. The summed E-state index contributed by atoms with van der Waals surface area (Å²) in [5.41, 5.74) is 3.24. The van der Waals surface area contributed by atoms with Crippen molar-refractivity contribution in [3.8, 4) is 0 Å². The number of rotatable bonds is 4. The minimum absolute atomic E-state index is 0.296. The summed E-state index contributed by atoms with van der Waals surface area (Å²) in [4.78, 5) is 16.4. The van der Waals surface area contributed by atoms with E-state index < -0.39 is 0 Å². The van der Waals surface area contributed by atoms with Gasteiger partial charge in [0, 0.05) is 29.8 Å². The molecule has 2 aromatic rings. The molecule has 0 unspecified atom stereocenters. The van der Waals surface area contributed by atoms with Gasteiger partial charge in [-0.15, -0.1) is 11.3 Å². The second-order valence-corrected chi connectivity index (χ2v) is 6.07. The summed E-state index contributed by atoms with van der Waals surface area (Å²) >= 11 is 1.74. The number of hydrogen-bond acceptors (Lipinski definition) is 3. The summed E-state index contributed by atoms with van der Waals surface area (Å²) < 4.78 is 2.11. The number of ketones is 1. The highest BCUT2D eigenvalue weighted by Crippen LogP contribution is 2.23. The van der Waals surface area contributed by atoms with Crippen LogP contribution >= 0.6 is 11.3 Å². The first-order valence-electron chi connectivity index (χ1n) is 6.91. The quantitative estimate of drug-likeness (QED) is 0.855. The zero-order valence-electron chi connectivity index (χ0n) is 11.2. The third-order valence-corrected chi connectivity index (χ3v) is 4.48. The van der Waals surface area contributed by atoms with Crippen LogP contribution in [-0.4, -0.2) is 15.3 Å². The molecule has 0 spiro atoms. The van der Waals surface area contributed by atoms with Crippen LogP contribution in [-0.2, 0) is 19.4 Å². The first kappa shape index (κ1) is 12.6. The molecule has 0 aromatic carbocycles. The fraction of sp³-hybridized carbons (Fsp3) is 0.467. The molecule has 100 valence electrons. The Hall–Kier alpha value is -1.42. The lowest BCUT2D eigenvalue weighted by Crippen LogP contribution is -2.07. The number of thiazole rings is 1. The number of Topliss-reactive ketones (excluding diaryl/α,β-unsaturated/α-hetero) is 1. The Labute approximate surface area is 117 Å². The van der Waals surface area contributed by atoms with Crippen molar-refractivity contribution < 1.29 is 4.79 Å². The Morgan fingerprint density at radius 2 is 2.26 bits per heavy atom. The molecule has 2 heterocycles. The molecule has 3 nitrogen and oxygen atoms in total. The summed E-state index contributed by atoms with van der Waals surface area (Å²) in [7, 11) is 0. The SMILES string of the molecule is CCCc1nc(Cn2cc3c(c2)C(=O)CCC3)cs1. The molecule has 0 N–H and O–H groups in total. The van der Waals surface area contributed by atoms with Crippen molar-refractivity contribution in [2.75, 3.05) is 0 Å². The zero-order valence-corrected chi connectivity index (χ0v) is 12.0. The van der Waals surface area contributed by atoms with Gasteiger partial charge in [0.05, 0.1) is 17.2 Å². The van der Waals surface area contributed by atoms with Crippen molar-refractivity contribution in [2.45, 2.75) is 45.6 Å². The van der Waals surface area contributed by atoms with Crippen molar-refractivity contribution in [1.29, 1.82) is 0 Å². The lowest BCUT2D eigenvalue weighted by molar-refractivity contribution is 0.0973. The standard InChI is InChI=1S/C15H18N2OS/c1-2-4-15-16-12(10-19-15)8-17-7-11-5-3-6-14(18)13(11)9-17/h7,9-10H,2-6,8H2,1H3. The second-order valence-electron chi connectivity index (χ2n) is 5.13. The van der Waals surface area contributed by atoms with Gasteiger partial charge in [-0.2, -0.15) is 0 Å². The molecule has 19 heavy (non-hydrogen) atoms. The highest BCUT2D eigenvalue weighted by atomic mass is 32.1. The number of carbonyl (C=O) groups excluding carboxylic acids is 1. The summed E-state index contributed by atoms with van der Waals surface area (Å²) in [5, 5.41) is 3.34. The molecular formula is C15H18N2OS. The molecule has 0 fully saturated rings. The first-order valence-corrected chi connectivity index (χ1v) is 7.79. The van der Waals surface area contributed by atoms with E-state index in [9.17, 15) is 4.79 Å². The average Bonchev–Trinajstić information content (AvgIpc) is 2.98. The molecule has 0 atom stereocenters. The van der Waals surface area contributed by atoms with Crippen LogP contribution in [0, 0.1) is 0 Å². The van der Waals surface area contributed by atoms with Gasteiger partial charge in [0.25, 0.3) is 0 Å². The normalized spacial score (nSPS) is 14.7. The average molecular weight is 274 g/mol. The van der Waals surface area contributed by atoms with Crippen molar-refractivity contribution in [3.63, 3.8) is 0 Å². The zero-order chi connectivity index (χ0) is 13.2. The van der Waals surface area contributed by atoms with Crippen LogP contribution < -0.4 is 0 Å². The van der Waals surface area contributed by atoms with E-state index in [2.05, 4.69) is 28.1 Å². The molecule has 0 bridgehead atoms. The van der Waals surface area contributed by atoms with Crippen LogP contribution in [0.3, 0.4) is 0 Å². The van der Waals surface area contributed by atoms with Gasteiger partial charge in [0.1, 0.15) is 0 Å². The summed E-state index contributed by atoms with van der Waals surface area (Å²) in [6, 6.07) is 0. The molecule has 1 aliphatic rings. The highest BCUT2D eigenvalue weighted by Gasteiger charge is 2.19. The molecule has 1 aliphatic carbocycles. The monoisotopic (exact) mass is 274 g/mol. The maximum Gasteiger partial charge on any atom is 0.164 e. The first-order chi connectivity index (χ1) is 9.26. The van der Waals surface area contributed by atoms with Gasteiger partial charge in [-0.3, -0.25) is 4.79 Å². The van der Waals surface area contributed by atoms with E-state index in [1.807, 2.05) is 6.20 Å². The molecule has 0 aliphatic heterocycles. The highest BCUT2D eigenvalue weighted by molar-refractivity contribution is 7.09. The van der Waals surface area contributed by atoms with Crippen molar-refractivity contribution in [3.05, 3.63) is 39.6 Å². The summed E-state index contributed by atoms with van der Waals surface area (Å²) in [6.07, 6.45) is 9.04. The lowest BCUT2D eigenvalue weighted by atomic mass is 9.95. The van der Waals surface area contributed by atoms with E-state index in [0.29, 0.717) is 12.2 Å². The molecule has 2 aromatic heterocycles. The summed E-state index contributed by atoms with van der Waals surface area (Å²) in [6.45, 7) is 2.95. The van der Waals surface area contributed by atoms with E-state index in [1.54, 1.807) is 11.3 Å². The van der Waals surface area contributed by atoms with Crippen LogP contribution in [0.4, 0.5) is 0 Å². The Kier molecular flexibility index (Phi) is 3.51. The molecule has 4 heteroatoms. The van der Waals surface area contributed by atoms with Crippen LogP contribution in [0.15, 0.2) is 17.8 Å². The fourth-order valence-corrected chi connectivity index (χ4v) is 3.50. The van der Waals surface area contributed by atoms with Gasteiger partial charge in [-0.25, -0.2) is 4.98 Å². The third kappa shape index (κ3) is 2.63. The number of fused-ring (bicyclic) bond motifs is 1. The Balaban J connectivity index is 1.77. The van der Waals surface area contributed by atoms with Crippen molar-refractivity contribution in [2.24, 2.45) is 0 Å². The van der Waals surface area contributed by atoms with Gasteiger partial charge in [-0.1, -0.05) is 6.92 Å². The number of nitrogens with zero attached hydrogens (tertiary/aromatic N) is 2. The lowest BCUT2D eigenvalue weighted by Gasteiger charge is -2.07. The smallest absolute Gasteiger partial charge is 0.164 e. The van der Waals surface area contributed by atoms with Crippen LogP contribution in [0.1, 0.15) is 52.8 Å². The topological polar surface area (TPSA) is 34.9 Å². The molecule has 0 radical (unpaired) electrons. The van der Waals surface area contributed by atoms with Crippen molar-refractivity contribution in [1.82, 2.24) is 9.55 Å². The van der Waals surface area contributed by atoms with Gasteiger partial charge in [0.2, 0.25) is 0 Å². The number of carbonyl (C=O) groups is 1. The van der Waals surface area contributed by atoms with Crippen LogP contribution in [0.5, 0.6) is 0 Å². The van der Waals surface area contributed by atoms with Crippen LogP contribution in [0.2, 0.25) is 0 Å². The largest absolute Gasteiger partial charge is 0.347 e. The molecule has 0 amide bonds. The minimum Gasteiger partial charge on any atom is -0.347 e. The van der Waals surface area contributed by atoms with Crippen LogP contribution in [0.25, 0.3) is 0 Å². The maximum atomic E-state index is 11.8. The van der Waals surface area contributed by atoms with Crippen molar-refractivity contribution >= 4 is 17.1 Å². The molecule has 0 saturated carbocycles. The molecular weight excluding hydrogens is 256 g/mol. The predicted octanol–water partition coefficient (Wildman–Crippen LogP) is 3.46. The number of hydrogen-bond donors (Lipinski definition) is 0. The van der Waals surface area contributed by atoms with E-state index in [4.69, 9.17) is 0 Å². The van der Waals surface area contributed by atoms with Gasteiger partial charge in [-0.05, 0) is 31.2 Å². The van der Waals surface area contributed by atoms with E-state index in [-0.39, 0.29) is 0 Å². The predicted molar refractivity (Wildman–Crippen MR) is 76.9 cm³/mol. The van der Waals surface area contributed by atoms with Gasteiger partial charge >= 0.3 is 0 Å². The summed E-state index contributed by atoms with van der Waals surface area (Å²) in [5.74, 6) is 0.296. The molecule has 3 rings (SSSR count). The van der Waals surface area contributed by atoms with Gasteiger partial charge < -0.3 is 4.57 Å². The minimum atomic E-state index is 0.296. The Morgan fingerprint density at radius 1 is 1.37 bits per heavy atom. The van der Waals surface area contributed by atoms with E-state index in [0.717, 1.165) is 43.5 Å². The Morgan fingerprint density at radius 3 is 3.05 bits per heavy atom. The maximum absolute atomic E-state index is 11.8. The fourth-order valence-electron chi connectivity index (χ4n) is 2.61. The second kappa shape index (κ2) is 5.29. The van der Waals surface area contributed by atoms with E-state index in [1.165, 1.54) is 10.6 Å². The molecule has 0 saturated heterocycles.